The van der Waals surface area contributed by atoms with Crippen molar-refractivity contribution in [2.75, 3.05) is 0 Å². The van der Waals surface area contributed by atoms with Gasteiger partial charge in [0, 0.05) is 32.9 Å². The van der Waals surface area contributed by atoms with Gasteiger partial charge in [-0.05, 0) is 77.7 Å². The topological polar surface area (TPSA) is 33.6 Å². The van der Waals surface area contributed by atoms with Gasteiger partial charge >= 0.3 is 0 Å². The Morgan fingerprint density at radius 2 is 1.23 bits per heavy atom. The first kappa shape index (κ1) is 23.3. The SMILES string of the molecule is CC(C)(C)c1ccc2c(c1)c1cc3c4ccccc4n(-c4cccc(C#N)c4)c3cc1n2-c1cccc(F)c1. The molecule has 0 spiro atoms. The molecular weight excluding hydrogens is 481 g/mol. The van der Waals surface area contributed by atoms with Crippen LogP contribution < -0.4 is 0 Å². The predicted molar refractivity (Wildman–Crippen MR) is 158 cm³/mol. The van der Waals surface area contributed by atoms with Gasteiger partial charge in [0.2, 0.25) is 0 Å². The van der Waals surface area contributed by atoms with Gasteiger partial charge in [-0.1, -0.05) is 57.2 Å². The van der Waals surface area contributed by atoms with Crippen LogP contribution in [-0.2, 0) is 5.41 Å². The molecule has 7 rings (SSSR count). The molecule has 0 unspecified atom stereocenters. The second-order valence-corrected chi connectivity index (χ2v) is 11.2. The summed E-state index contributed by atoms with van der Waals surface area (Å²) >= 11 is 0. The summed E-state index contributed by atoms with van der Waals surface area (Å²) in [7, 11) is 0. The molecule has 2 heterocycles. The van der Waals surface area contributed by atoms with E-state index in [1.54, 1.807) is 12.1 Å². The molecule has 2 aromatic heterocycles. The van der Waals surface area contributed by atoms with E-state index in [-0.39, 0.29) is 11.2 Å². The molecule has 0 saturated heterocycles. The molecular formula is C35H26FN3. The van der Waals surface area contributed by atoms with Gasteiger partial charge in [0.15, 0.2) is 0 Å². The van der Waals surface area contributed by atoms with Gasteiger partial charge in [-0.25, -0.2) is 4.39 Å². The van der Waals surface area contributed by atoms with Crippen LogP contribution in [0.3, 0.4) is 0 Å². The summed E-state index contributed by atoms with van der Waals surface area (Å²) in [6, 6.07) is 36.3. The third-order valence-corrected chi connectivity index (χ3v) is 7.72. The van der Waals surface area contributed by atoms with E-state index in [9.17, 15) is 9.65 Å². The third-order valence-electron chi connectivity index (χ3n) is 7.72. The van der Waals surface area contributed by atoms with Gasteiger partial charge in [0.25, 0.3) is 0 Å². The number of hydrogen-bond donors (Lipinski definition) is 0. The zero-order valence-electron chi connectivity index (χ0n) is 22.0. The molecule has 0 atom stereocenters. The Bertz CT molecular complexity index is 2130. The van der Waals surface area contributed by atoms with Crippen LogP contribution in [0.15, 0.2) is 103 Å². The fourth-order valence-corrected chi connectivity index (χ4v) is 5.83. The van der Waals surface area contributed by atoms with Gasteiger partial charge in [-0.15, -0.1) is 0 Å². The zero-order valence-corrected chi connectivity index (χ0v) is 22.0. The normalized spacial score (nSPS) is 12.1. The molecule has 0 bridgehead atoms. The third kappa shape index (κ3) is 3.55. The summed E-state index contributed by atoms with van der Waals surface area (Å²) in [5, 5.41) is 14.1. The molecule has 0 aliphatic heterocycles. The number of para-hydroxylation sites is 1. The maximum atomic E-state index is 14.5. The van der Waals surface area contributed by atoms with Crippen LogP contribution in [0.2, 0.25) is 0 Å². The highest BCUT2D eigenvalue weighted by Gasteiger charge is 2.21. The summed E-state index contributed by atoms with van der Waals surface area (Å²) in [4.78, 5) is 0. The molecule has 188 valence electrons. The molecule has 0 amide bonds. The van der Waals surface area contributed by atoms with Crippen molar-refractivity contribution in [1.29, 1.82) is 5.26 Å². The van der Waals surface area contributed by atoms with Gasteiger partial charge in [-0.2, -0.15) is 5.26 Å². The molecule has 39 heavy (non-hydrogen) atoms. The van der Waals surface area contributed by atoms with Crippen molar-refractivity contribution in [2.24, 2.45) is 0 Å². The number of nitrogens with zero attached hydrogens (tertiary/aromatic N) is 3. The summed E-state index contributed by atoms with van der Waals surface area (Å²) in [5.74, 6) is -0.266. The van der Waals surface area contributed by atoms with E-state index >= 15 is 0 Å². The number of hydrogen-bond acceptors (Lipinski definition) is 1. The minimum atomic E-state index is -0.266. The Morgan fingerprint density at radius 3 is 1.95 bits per heavy atom. The zero-order chi connectivity index (χ0) is 26.9. The molecule has 0 N–H and O–H groups in total. The maximum Gasteiger partial charge on any atom is 0.125 e. The molecule has 5 aromatic carbocycles. The fraction of sp³-hybridized carbons (Fsp3) is 0.114. The highest BCUT2D eigenvalue weighted by molar-refractivity contribution is 6.19. The number of aromatic nitrogens is 2. The van der Waals surface area contributed by atoms with E-state index in [0.717, 1.165) is 55.0 Å². The quantitative estimate of drug-likeness (QED) is 0.230. The Balaban J connectivity index is 1.68. The van der Waals surface area contributed by atoms with E-state index in [4.69, 9.17) is 0 Å². The average Bonchev–Trinajstić information content (AvgIpc) is 3.43. The molecule has 0 aliphatic carbocycles. The average molecular weight is 508 g/mol. The van der Waals surface area contributed by atoms with Crippen molar-refractivity contribution in [3.8, 4) is 17.4 Å². The monoisotopic (exact) mass is 507 g/mol. The molecule has 0 fully saturated rings. The molecule has 0 radical (unpaired) electrons. The van der Waals surface area contributed by atoms with Crippen LogP contribution in [0.1, 0.15) is 31.9 Å². The van der Waals surface area contributed by atoms with Crippen LogP contribution >= 0.6 is 0 Å². The molecule has 3 nitrogen and oxygen atoms in total. The Kier molecular flexibility index (Phi) is 4.96. The largest absolute Gasteiger partial charge is 0.309 e. The number of rotatable bonds is 2. The van der Waals surface area contributed by atoms with Crippen LogP contribution in [0, 0.1) is 17.1 Å². The second-order valence-electron chi connectivity index (χ2n) is 11.2. The Hall–Kier alpha value is -4.88. The van der Waals surface area contributed by atoms with Gasteiger partial charge in [-0.3, -0.25) is 0 Å². The van der Waals surface area contributed by atoms with E-state index in [1.165, 1.54) is 11.6 Å². The first-order chi connectivity index (χ1) is 18.8. The number of nitriles is 1. The van der Waals surface area contributed by atoms with Gasteiger partial charge < -0.3 is 9.13 Å². The van der Waals surface area contributed by atoms with Crippen molar-refractivity contribution in [1.82, 2.24) is 9.13 Å². The lowest BCUT2D eigenvalue weighted by molar-refractivity contribution is 0.591. The van der Waals surface area contributed by atoms with Crippen LogP contribution in [-0.4, -0.2) is 9.13 Å². The first-order valence-corrected chi connectivity index (χ1v) is 13.1. The second kappa shape index (κ2) is 8.31. The van der Waals surface area contributed by atoms with Gasteiger partial charge in [0.1, 0.15) is 5.82 Å². The Morgan fingerprint density at radius 1 is 0.590 bits per heavy atom. The Labute approximate surface area is 225 Å². The molecule has 0 saturated carbocycles. The smallest absolute Gasteiger partial charge is 0.125 e. The van der Waals surface area contributed by atoms with Crippen molar-refractivity contribution in [3.63, 3.8) is 0 Å². The highest BCUT2D eigenvalue weighted by atomic mass is 19.1. The summed E-state index contributed by atoms with van der Waals surface area (Å²) in [5.41, 5.74) is 7.74. The first-order valence-electron chi connectivity index (χ1n) is 13.1. The standard InChI is InChI=1S/C35H26FN3/c1-35(2,3)23-14-15-32-28(17-23)30-19-29-27-12-4-5-13-31(27)38(25-10-6-8-22(16-25)21-37)33(29)20-34(30)39(32)26-11-7-9-24(36)18-26/h4-20H,1-3H3. The minimum absolute atomic E-state index is 0.00659. The van der Waals surface area contributed by atoms with Crippen molar-refractivity contribution < 1.29 is 4.39 Å². The number of benzene rings is 5. The van der Waals surface area contributed by atoms with Crippen molar-refractivity contribution in [2.45, 2.75) is 26.2 Å². The van der Waals surface area contributed by atoms with Crippen molar-refractivity contribution >= 4 is 43.6 Å². The summed E-state index contributed by atoms with van der Waals surface area (Å²) in [6.45, 7) is 6.67. The molecule has 7 aromatic rings. The lowest BCUT2D eigenvalue weighted by atomic mass is 9.86. The number of fused-ring (bicyclic) bond motifs is 6. The maximum absolute atomic E-state index is 14.5. The summed E-state index contributed by atoms with van der Waals surface area (Å²) in [6.07, 6.45) is 0. The fourth-order valence-electron chi connectivity index (χ4n) is 5.83. The molecule has 4 heteroatoms. The van der Waals surface area contributed by atoms with E-state index in [0.29, 0.717) is 5.56 Å². The van der Waals surface area contributed by atoms with Crippen molar-refractivity contribution in [3.05, 3.63) is 120 Å². The van der Waals surface area contributed by atoms with E-state index in [2.05, 4.69) is 84.5 Å². The summed E-state index contributed by atoms with van der Waals surface area (Å²) < 4.78 is 18.9. The van der Waals surface area contributed by atoms with Crippen LogP contribution in [0.25, 0.3) is 55.0 Å². The van der Waals surface area contributed by atoms with Crippen LogP contribution in [0.5, 0.6) is 0 Å². The highest BCUT2D eigenvalue weighted by Crippen LogP contribution is 2.40. The predicted octanol–water partition coefficient (Wildman–Crippen LogP) is 9.19. The van der Waals surface area contributed by atoms with E-state index in [1.807, 2.05) is 36.4 Å². The lowest BCUT2D eigenvalue weighted by Gasteiger charge is -2.19. The minimum Gasteiger partial charge on any atom is -0.309 e. The van der Waals surface area contributed by atoms with Crippen LogP contribution in [0.4, 0.5) is 4.39 Å². The number of halogens is 1. The van der Waals surface area contributed by atoms with E-state index < -0.39 is 0 Å². The molecule has 0 aliphatic rings. The lowest BCUT2D eigenvalue weighted by Crippen LogP contribution is -2.10. The van der Waals surface area contributed by atoms with Gasteiger partial charge in [0.05, 0.1) is 33.7 Å².